The number of fused-ring (bicyclic) bond motifs is 1. The average Bonchev–Trinajstić information content (AvgIpc) is 2.95. The van der Waals surface area contributed by atoms with Crippen LogP contribution in [0.25, 0.3) is 11.0 Å². The number of aromatic nitrogens is 2. The van der Waals surface area contributed by atoms with Gasteiger partial charge < -0.3 is 4.57 Å². The molecule has 1 atom stereocenters. The number of nitrogens with one attached hydrogen (secondary N) is 1. The highest BCUT2D eigenvalue weighted by atomic mass is 32.2. The predicted octanol–water partition coefficient (Wildman–Crippen LogP) is 3.28. The van der Waals surface area contributed by atoms with E-state index in [2.05, 4.69) is 14.3 Å². The van der Waals surface area contributed by atoms with Gasteiger partial charge in [-0.3, -0.25) is 4.79 Å². The maximum absolute atomic E-state index is 12.6. The van der Waals surface area contributed by atoms with E-state index < -0.39 is 16.1 Å². The fourth-order valence-electron chi connectivity index (χ4n) is 3.28. The number of hydrogen-bond donors (Lipinski definition) is 1. The Morgan fingerprint density at radius 1 is 1.11 bits per heavy atom. The summed E-state index contributed by atoms with van der Waals surface area (Å²) in [4.78, 5) is 16.4. The molecule has 0 spiro atoms. The summed E-state index contributed by atoms with van der Waals surface area (Å²) in [5.41, 5.74) is 2.95. The zero-order valence-electron chi connectivity index (χ0n) is 16.5. The van der Waals surface area contributed by atoms with Crippen molar-refractivity contribution >= 4 is 26.8 Å². The SMILES string of the molecule is CC(=O)C(NS(=O)(=O)c1ccc(Cn2c(C)nc3ccccc32)cc1)C(C)C. The van der Waals surface area contributed by atoms with Crippen LogP contribution in [0.4, 0.5) is 0 Å². The molecular formula is C21H25N3O3S. The maximum Gasteiger partial charge on any atom is 0.241 e. The number of benzene rings is 2. The van der Waals surface area contributed by atoms with Gasteiger partial charge in [-0.1, -0.05) is 38.1 Å². The summed E-state index contributed by atoms with van der Waals surface area (Å²) >= 11 is 0. The molecule has 0 aliphatic heterocycles. The Morgan fingerprint density at radius 2 is 1.75 bits per heavy atom. The van der Waals surface area contributed by atoms with Crippen LogP contribution in [0.15, 0.2) is 53.4 Å². The Balaban J connectivity index is 1.83. The van der Waals surface area contributed by atoms with Gasteiger partial charge in [0.15, 0.2) is 0 Å². The van der Waals surface area contributed by atoms with Gasteiger partial charge in [-0.2, -0.15) is 0 Å². The molecule has 0 aliphatic carbocycles. The van der Waals surface area contributed by atoms with Gasteiger partial charge in [0.2, 0.25) is 10.0 Å². The number of carbonyl (C=O) groups is 1. The second-order valence-corrected chi connectivity index (χ2v) is 9.05. The normalized spacial score (nSPS) is 13.2. The standard InChI is InChI=1S/C21H25N3O3S/c1-14(2)21(15(3)25)23-28(26,27)18-11-9-17(10-12-18)13-24-16(4)22-19-7-5-6-8-20(19)24/h5-12,14,21,23H,13H2,1-4H3. The minimum absolute atomic E-state index is 0.121. The Kier molecular flexibility index (Phi) is 5.67. The van der Waals surface area contributed by atoms with Crippen LogP contribution in [0, 0.1) is 12.8 Å². The molecule has 0 saturated heterocycles. The molecule has 148 valence electrons. The molecule has 1 aromatic heterocycles. The maximum atomic E-state index is 12.6. The number of carbonyl (C=O) groups excluding carboxylic acids is 1. The van der Waals surface area contributed by atoms with Crippen LogP contribution in [0.1, 0.15) is 32.2 Å². The highest BCUT2D eigenvalue weighted by Crippen LogP contribution is 2.19. The van der Waals surface area contributed by atoms with Crippen LogP contribution >= 0.6 is 0 Å². The lowest BCUT2D eigenvalue weighted by molar-refractivity contribution is -0.119. The van der Waals surface area contributed by atoms with Crippen molar-refractivity contribution in [3.63, 3.8) is 0 Å². The van der Waals surface area contributed by atoms with Crippen LogP contribution in [0.2, 0.25) is 0 Å². The first-order valence-corrected chi connectivity index (χ1v) is 10.7. The fraction of sp³-hybridized carbons (Fsp3) is 0.333. The van der Waals surface area contributed by atoms with E-state index in [0.29, 0.717) is 6.54 Å². The van der Waals surface area contributed by atoms with Crippen molar-refractivity contribution < 1.29 is 13.2 Å². The lowest BCUT2D eigenvalue weighted by atomic mass is 10.0. The van der Waals surface area contributed by atoms with E-state index >= 15 is 0 Å². The predicted molar refractivity (Wildman–Crippen MR) is 110 cm³/mol. The molecule has 0 bridgehead atoms. The van der Waals surface area contributed by atoms with E-state index in [-0.39, 0.29) is 16.6 Å². The largest absolute Gasteiger partial charge is 0.324 e. The van der Waals surface area contributed by atoms with E-state index in [0.717, 1.165) is 22.4 Å². The Bertz CT molecular complexity index is 1100. The number of imidazole rings is 1. The number of Topliss-reactive ketones (excluding diaryl/α,β-unsaturated/α-hetero) is 1. The van der Waals surface area contributed by atoms with Crippen molar-refractivity contribution in [2.45, 2.75) is 45.2 Å². The van der Waals surface area contributed by atoms with Crippen molar-refractivity contribution in [2.75, 3.05) is 0 Å². The van der Waals surface area contributed by atoms with Crippen LogP contribution in [0.3, 0.4) is 0 Å². The molecule has 2 aromatic carbocycles. The van der Waals surface area contributed by atoms with E-state index in [1.807, 2.05) is 45.0 Å². The van der Waals surface area contributed by atoms with Gasteiger partial charge in [-0.25, -0.2) is 18.1 Å². The van der Waals surface area contributed by atoms with Gasteiger partial charge >= 0.3 is 0 Å². The molecule has 1 N–H and O–H groups in total. The topological polar surface area (TPSA) is 81.1 Å². The summed E-state index contributed by atoms with van der Waals surface area (Å²) in [5.74, 6) is 0.586. The number of rotatable bonds is 7. The van der Waals surface area contributed by atoms with Crippen molar-refractivity contribution in [3.8, 4) is 0 Å². The number of ketones is 1. The van der Waals surface area contributed by atoms with Gasteiger partial charge in [0, 0.05) is 6.54 Å². The van der Waals surface area contributed by atoms with Crippen LogP contribution in [0.5, 0.6) is 0 Å². The fourth-order valence-corrected chi connectivity index (χ4v) is 4.68. The monoisotopic (exact) mass is 399 g/mol. The summed E-state index contributed by atoms with van der Waals surface area (Å²) in [7, 11) is -3.76. The van der Waals surface area contributed by atoms with Crippen molar-refractivity contribution in [1.82, 2.24) is 14.3 Å². The van der Waals surface area contributed by atoms with Crippen LogP contribution in [-0.4, -0.2) is 29.8 Å². The highest BCUT2D eigenvalue weighted by Gasteiger charge is 2.25. The molecular weight excluding hydrogens is 374 g/mol. The lowest BCUT2D eigenvalue weighted by Gasteiger charge is -2.19. The van der Waals surface area contributed by atoms with Crippen LogP contribution < -0.4 is 4.72 Å². The number of hydrogen-bond acceptors (Lipinski definition) is 4. The smallest absolute Gasteiger partial charge is 0.241 e. The Hall–Kier alpha value is -2.51. The summed E-state index contributed by atoms with van der Waals surface area (Å²) in [6.45, 7) is 7.58. The molecule has 6 nitrogen and oxygen atoms in total. The molecule has 0 radical (unpaired) electrons. The Morgan fingerprint density at radius 3 is 2.36 bits per heavy atom. The lowest BCUT2D eigenvalue weighted by Crippen LogP contribution is -2.43. The summed E-state index contributed by atoms with van der Waals surface area (Å²) in [5, 5.41) is 0. The average molecular weight is 400 g/mol. The molecule has 0 amide bonds. The Labute approximate surface area is 165 Å². The van der Waals surface area contributed by atoms with Crippen molar-refractivity contribution in [3.05, 3.63) is 59.9 Å². The molecule has 1 unspecified atom stereocenters. The third-order valence-corrected chi connectivity index (χ3v) is 6.26. The third-order valence-electron chi connectivity index (χ3n) is 4.81. The number of para-hydroxylation sites is 2. The molecule has 0 saturated carbocycles. The summed E-state index contributed by atoms with van der Waals surface area (Å²) < 4.78 is 29.9. The van der Waals surface area contributed by atoms with E-state index in [1.54, 1.807) is 24.3 Å². The summed E-state index contributed by atoms with van der Waals surface area (Å²) in [6, 6.07) is 13.9. The van der Waals surface area contributed by atoms with Gasteiger partial charge in [0.1, 0.15) is 11.6 Å². The molecule has 0 aliphatic rings. The first kappa shape index (κ1) is 20.2. The highest BCUT2D eigenvalue weighted by molar-refractivity contribution is 7.89. The summed E-state index contributed by atoms with van der Waals surface area (Å²) in [6.07, 6.45) is 0. The number of sulfonamides is 1. The minimum Gasteiger partial charge on any atom is -0.324 e. The van der Waals surface area contributed by atoms with E-state index in [1.165, 1.54) is 6.92 Å². The quantitative estimate of drug-likeness (QED) is 0.661. The minimum atomic E-state index is -3.76. The van der Waals surface area contributed by atoms with Crippen molar-refractivity contribution in [1.29, 1.82) is 0 Å². The van der Waals surface area contributed by atoms with Crippen molar-refractivity contribution in [2.24, 2.45) is 5.92 Å². The zero-order chi connectivity index (χ0) is 20.5. The first-order valence-electron chi connectivity index (χ1n) is 9.22. The number of aryl methyl sites for hydroxylation is 1. The van der Waals surface area contributed by atoms with Crippen LogP contribution in [-0.2, 0) is 21.4 Å². The molecule has 3 aromatic rings. The van der Waals surface area contributed by atoms with Gasteiger partial charge in [0.05, 0.1) is 22.0 Å². The molecule has 3 rings (SSSR count). The van der Waals surface area contributed by atoms with Gasteiger partial charge in [0.25, 0.3) is 0 Å². The van der Waals surface area contributed by atoms with Gasteiger partial charge in [-0.15, -0.1) is 0 Å². The second kappa shape index (κ2) is 7.85. The first-order chi connectivity index (χ1) is 13.2. The van der Waals surface area contributed by atoms with E-state index in [9.17, 15) is 13.2 Å². The molecule has 7 heteroatoms. The molecule has 1 heterocycles. The molecule has 0 fully saturated rings. The zero-order valence-corrected chi connectivity index (χ0v) is 17.3. The number of nitrogens with zero attached hydrogens (tertiary/aromatic N) is 2. The molecule has 28 heavy (non-hydrogen) atoms. The van der Waals surface area contributed by atoms with E-state index in [4.69, 9.17) is 0 Å². The second-order valence-electron chi connectivity index (χ2n) is 7.33. The van der Waals surface area contributed by atoms with Gasteiger partial charge in [-0.05, 0) is 49.6 Å². The third kappa shape index (κ3) is 4.15.